The molecule has 5 nitrogen and oxygen atoms in total. The number of nitrogens with one attached hydrogen (secondary N) is 3. The molecule has 1 aliphatic rings. The fourth-order valence-corrected chi connectivity index (χ4v) is 2.46. The number of piperidine rings is 1. The van der Waals surface area contributed by atoms with Gasteiger partial charge >= 0.3 is 0 Å². The highest BCUT2D eigenvalue weighted by Crippen LogP contribution is 2.27. The van der Waals surface area contributed by atoms with Crippen LogP contribution in [0.15, 0.2) is 24.3 Å². The first kappa shape index (κ1) is 15.5. The van der Waals surface area contributed by atoms with E-state index in [9.17, 15) is 9.59 Å². The van der Waals surface area contributed by atoms with Crippen LogP contribution in [0, 0.1) is 5.41 Å². The Labute approximate surface area is 125 Å². The Morgan fingerprint density at radius 1 is 1.29 bits per heavy atom. The van der Waals surface area contributed by atoms with Gasteiger partial charge in [-0.25, -0.2) is 0 Å². The second kappa shape index (κ2) is 6.72. The van der Waals surface area contributed by atoms with Crippen LogP contribution in [0.4, 0.5) is 11.4 Å². The summed E-state index contributed by atoms with van der Waals surface area (Å²) in [5.74, 6) is -0.0180. The van der Waals surface area contributed by atoms with Crippen molar-refractivity contribution in [3.63, 3.8) is 0 Å². The van der Waals surface area contributed by atoms with Crippen LogP contribution >= 0.6 is 0 Å². The Balaban J connectivity index is 2.03. The molecule has 3 N–H and O–H groups in total. The van der Waals surface area contributed by atoms with E-state index in [-0.39, 0.29) is 17.2 Å². The first-order valence-electron chi connectivity index (χ1n) is 7.45. The van der Waals surface area contributed by atoms with Crippen molar-refractivity contribution in [3.05, 3.63) is 24.3 Å². The van der Waals surface area contributed by atoms with E-state index in [1.54, 1.807) is 13.0 Å². The normalized spacial score (nSPS) is 21.6. The lowest BCUT2D eigenvalue weighted by atomic mass is 9.82. The maximum Gasteiger partial charge on any atom is 0.231 e. The number of carbonyl (C=O) groups excluding carboxylic acids is 2. The van der Waals surface area contributed by atoms with Crippen LogP contribution < -0.4 is 16.0 Å². The average molecular weight is 289 g/mol. The molecule has 2 rings (SSSR count). The van der Waals surface area contributed by atoms with Gasteiger partial charge in [-0.2, -0.15) is 0 Å². The highest BCUT2D eigenvalue weighted by atomic mass is 16.2. The molecule has 0 aliphatic carbocycles. The van der Waals surface area contributed by atoms with Crippen molar-refractivity contribution in [3.8, 4) is 0 Å². The molecule has 0 saturated carbocycles. The zero-order valence-corrected chi connectivity index (χ0v) is 12.7. The minimum atomic E-state index is -0.374. The summed E-state index contributed by atoms with van der Waals surface area (Å²) in [4.78, 5) is 23.8. The molecule has 0 radical (unpaired) electrons. The third-order valence-corrected chi connectivity index (χ3v) is 3.87. The average Bonchev–Trinajstić information content (AvgIpc) is 2.48. The minimum absolute atomic E-state index is 0.0219. The van der Waals surface area contributed by atoms with Crippen LogP contribution in [-0.2, 0) is 9.59 Å². The quantitative estimate of drug-likeness (QED) is 0.797. The van der Waals surface area contributed by atoms with Crippen molar-refractivity contribution in [2.75, 3.05) is 23.7 Å². The molecule has 0 aromatic heterocycles. The number of carbonyl (C=O) groups is 2. The van der Waals surface area contributed by atoms with Crippen LogP contribution in [0.3, 0.4) is 0 Å². The summed E-state index contributed by atoms with van der Waals surface area (Å²) in [5, 5.41) is 9.01. The zero-order valence-electron chi connectivity index (χ0n) is 12.7. The molecule has 1 unspecified atom stereocenters. The van der Waals surface area contributed by atoms with Crippen molar-refractivity contribution >= 4 is 23.2 Å². The third kappa shape index (κ3) is 4.04. The van der Waals surface area contributed by atoms with E-state index in [0.29, 0.717) is 24.3 Å². The first-order chi connectivity index (χ1) is 10.0. The van der Waals surface area contributed by atoms with E-state index >= 15 is 0 Å². The second-order valence-electron chi connectivity index (χ2n) is 5.78. The maximum atomic E-state index is 12.4. The summed E-state index contributed by atoms with van der Waals surface area (Å²) in [6.07, 6.45) is 2.33. The summed E-state index contributed by atoms with van der Waals surface area (Å²) in [6.45, 7) is 5.46. The molecule has 1 heterocycles. The van der Waals surface area contributed by atoms with Crippen molar-refractivity contribution in [1.29, 1.82) is 0 Å². The topological polar surface area (TPSA) is 70.2 Å². The predicted octanol–water partition coefficient (Wildman–Crippen LogP) is 2.36. The SMILES string of the molecule is CCC(=O)Nc1cccc(NC(=O)C2(C)CCCNC2)c1. The lowest BCUT2D eigenvalue weighted by molar-refractivity contribution is -0.125. The molecule has 1 aromatic carbocycles. The summed E-state index contributed by atoms with van der Waals surface area (Å²) < 4.78 is 0. The van der Waals surface area contributed by atoms with E-state index in [1.807, 2.05) is 25.1 Å². The Bertz CT molecular complexity index is 522. The van der Waals surface area contributed by atoms with Crippen molar-refractivity contribution in [2.45, 2.75) is 33.1 Å². The molecule has 1 atom stereocenters. The van der Waals surface area contributed by atoms with Gasteiger partial charge in [-0.3, -0.25) is 9.59 Å². The van der Waals surface area contributed by atoms with Gasteiger partial charge in [-0.1, -0.05) is 13.0 Å². The Kier molecular flexibility index (Phi) is 4.96. The largest absolute Gasteiger partial charge is 0.326 e. The van der Waals surface area contributed by atoms with Crippen molar-refractivity contribution < 1.29 is 9.59 Å². The van der Waals surface area contributed by atoms with Gasteiger partial charge in [0, 0.05) is 24.3 Å². The molecule has 1 fully saturated rings. The number of hydrogen-bond donors (Lipinski definition) is 3. The number of amides is 2. The van der Waals surface area contributed by atoms with Crippen molar-refractivity contribution in [1.82, 2.24) is 5.32 Å². The summed E-state index contributed by atoms with van der Waals surface area (Å²) in [6, 6.07) is 7.25. The van der Waals surface area contributed by atoms with Crippen LogP contribution in [0.1, 0.15) is 33.1 Å². The highest BCUT2D eigenvalue weighted by Gasteiger charge is 2.34. The maximum absolute atomic E-state index is 12.4. The van der Waals surface area contributed by atoms with Gasteiger partial charge in [0.05, 0.1) is 5.41 Å². The third-order valence-electron chi connectivity index (χ3n) is 3.87. The lowest BCUT2D eigenvalue weighted by Crippen LogP contribution is -2.46. The lowest BCUT2D eigenvalue weighted by Gasteiger charge is -2.32. The van der Waals surface area contributed by atoms with Gasteiger partial charge in [0.25, 0.3) is 0 Å². The Morgan fingerprint density at radius 3 is 2.62 bits per heavy atom. The van der Waals surface area contributed by atoms with E-state index in [2.05, 4.69) is 16.0 Å². The van der Waals surface area contributed by atoms with Crippen LogP contribution in [-0.4, -0.2) is 24.9 Å². The summed E-state index contributed by atoms with van der Waals surface area (Å²) >= 11 is 0. The highest BCUT2D eigenvalue weighted by molar-refractivity contribution is 5.96. The van der Waals surface area contributed by atoms with Gasteiger partial charge < -0.3 is 16.0 Å². The second-order valence-corrected chi connectivity index (χ2v) is 5.78. The molecule has 1 aliphatic heterocycles. The monoisotopic (exact) mass is 289 g/mol. The fourth-order valence-electron chi connectivity index (χ4n) is 2.46. The number of anilines is 2. The molecule has 0 spiro atoms. The Hall–Kier alpha value is -1.88. The molecule has 21 heavy (non-hydrogen) atoms. The van der Waals surface area contributed by atoms with E-state index in [4.69, 9.17) is 0 Å². The molecule has 114 valence electrons. The number of benzene rings is 1. The molecule has 2 amide bonds. The first-order valence-corrected chi connectivity index (χ1v) is 7.45. The van der Waals surface area contributed by atoms with Gasteiger partial charge in [0.1, 0.15) is 0 Å². The molecule has 1 aromatic rings. The van der Waals surface area contributed by atoms with E-state index < -0.39 is 0 Å². The van der Waals surface area contributed by atoms with Gasteiger partial charge in [0.2, 0.25) is 11.8 Å². The number of hydrogen-bond acceptors (Lipinski definition) is 3. The molecular formula is C16H23N3O2. The summed E-state index contributed by atoms with van der Waals surface area (Å²) in [5.41, 5.74) is 1.04. The van der Waals surface area contributed by atoms with E-state index in [0.717, 1.165) is 19.4 Å². The molecular weight excluding hydrogens is 266 g/mol. The van der Waals surface area contributed by atoms with Crippen LogP contribution in [0.2, 0.25) is 0 Å². The Morgan fingerprint density at radius 2 is 2.00 bits per heavy atom. The van der Waals surface area contributed by atoms with Crippen molar-refractivity contribution in [2.24, 2.45) is 5.41 Å². The standard InChI is InChI=1S/C16H23N3O2/c1-3-14(20)18-12-6-4-7-13(10-12)19-15(21)16(2)8-5-9-17-11-16/h4,6-7,10,17H,3,5,8-9,11H2,1-2H3,(H,18,20)(H,19,21). The smallest absolute Gasteiger partial charge is 0.231 e. The number of rotatable bonds is 4. The minimum Gasteiger partial charge on any atom is -0.326 e. The van der Waals surface area contributed by atoms with Crippen LogP contribution in [0.25, 0.3) is 0 Å². The molecule has 0 bridgehead atoms. The van der Waals surface area contributed by atoms with Gasteiger partial charge in [-0.15, -0.1) is 0 Å². The molecule has 5 heteroatoms. The zero-order chi connectivity index (χ0) is 15.3. The molecule has 1 saturated heterocycles. The van der Waals surface area contributed by atoms with Crippen LogP contribution in [0.5, 0.6) is 0 Å². The predicted molar refractivity (Wildman–Crippen MR) is 84.2 cm³/mol. The van der Waals surface area contributed by atoms with Gasteiger partial charge in [0.15, 0.2) is 0 Å². The summed E-state index contributed by atoms with van der Waals surface area (Å²) in [7, 11) is 0. The van der Waals surface area contributed by atoms with E-state index in [1.165, 1.54) is 0 Å². The fraction of sp³-hybridized carbons (Fsp3) is 0.500. The van der Waals surface area contributed by atoms with Gasteiger partial charge in [-0.05, 0) is 44.5 Å².